The van der Waals surface area contributed by atoms with Crippen molar-refractivity contribution in [3.63, 3.8) is 0 Å². The summed E-state index contributed by atoms with van der Waals surface area (Å²) in [5.41, 5.74) is 10.8. The molecule has 0 bridgehead atoms. The van der Waals surface area contributed by atoms with Gasteiger partial charge in [-0.05, 0) is 55.7 Å². The number of carbonyl (C=O) groups excluding carboxylic acids is 1. The number of aryl methyl sites for hydroxylation is 2. The fraction of sp³-hybridized carbons (Fsp3) is 0.167. The average molecular weight is 399 g/mol. The van der Waals surface area contributed by atoms with Crippen LogP contribution < -0.4 is 11.1 Å². The van der Waals surface area contributed by atoms with Gasteiger partial charge in [0.05, 0.1) is 5.52 Å². The Morgan fingerprint density at radius 1 is 0.967 bits per heavy atom. The van der Waals surface area contributed by atoms with Crippen molar-refractivity contribution < 1.29 is 4.79 Å². The summed E-state index contributed by atoms with van der Waals surface area (Å²) in [6.07, 6.45) is 3.78. The first-order valence-electron chi connectivity index (χ1n) is 9.68. The van der Waals surface area contributed by atoms with E-state index in [1.54, 1.807) is 6.33 Å². The molecule has 152 valence electrons. The predicted molar refractivity (Wildman–Crippen MR) is 121 cm³/mol. The van der Waals surface area contributed by atoms with Gasteiger partial charge in [0.15, 0.2) is 0 Å². The lowest BCUT2D eigenvalue weighted by Gasteiger charge is -2.16. The van der Waals surface area contributed by atoms with E-state index >= 15 is 0 Å². The Morgan fingerprint density at radius 3 is 2.40 bits per heavy atom. The third-order valence-corrected chi connectivity index (χ3v) is 4.96. The lowest BCUT2D eigenvalue weighted by Crippen LogP contribution is -2.08. The number of benzene rings is 2. The summed E-state index contributed by atoms with van der Waals surface area (Å²) in [6, 6.07) is 19.0. The van der Waals surface area contributed by atoms with Crippen LogP contribution in [0.5, 0.6) is 0 Å². The van der Waals surface area contributed by atoms with Crippen LogP contribution in [0.4, 0.5) is 5.82 Å². The monoisotopic (exact) mass is 399 g/mol. The SMILES string of the molecule is Cc1cc(-c2ccc3ncnc(NC(C)c4ccccc4)c3c2)cnc1C.NC=O. The number of anilines is 1. The number of fused-ring (bicyclic) bond motifs is 1. The van der Waals surface area contributed by atoms with Gasteiger partial charge in [-0.2, -0.15) is 0 Å². The van der Waals surface area contributed by atoms with Crippen molar-refractivity contribution in [2.24, 2.45) is 5.73 Å². The zero-order valence-electron chi connectivity index (χ0n) is 17.3. The number of amides is 1. The van der Waals surface area contributed by atoms with Gasteiger partial charge in [0.1, 0.15) is 12.1 Å². The van der Waals surface area contributed by atoms with Gasteiger partial charge in [-0.1, -0.05) is 36.4 Å². The van der Waals surface area contributed by atoms with E-state index in [1.807, 2.05) is 25.3 Å². The first kappa shape index (κ1) is 20.9. The van der Waals surface area contributed by atoms with Crippen molar-refractivity contribution >= 4 is 23.1 Å². The Hall–Kier alpha value is -3.80. The van der Waals surface area contributed by atoms with E-state index in [9.17, 15) is 0 Å². The van der Waals surface area contributed by atoms with Crippen molar-refractivity contribution in [1.29, 1.82) is 0 Å². The second kappa shape index (κ2) is 9.60. The van der Waals surface area contributed by atoms with E-state index < -0.39 is 0 Å². The molecule has 0 aliphatic heterocycles. The average Bonchev–Trinajstić information content (AvgIpc) is 2.77. The van der Waals surface area contributed by atoms with Gasteiger partial charge in [-0.15, -0.1) is 0 Å². The molecule has 6 nitrogen and oxygen atoms in total. The second-order valence-corrected chi connectivity index (χ2v) is 6.99. The van der Waals surface area contributed by atoms with Crippen molar-refractivity contribution in [1.82, 2.24) is 15.0 Å². The highest BCUT2D eigenvalue weighted by Gasteiger charge is 2.11. The molecule has 4 rings (SSSR count). The van der Waals surface area contributed by atoms with Gasteiger partial charge >= 0.3 is 0 Å². The summed E-state index contributed by atoms with van der Waals surface area (Å²) in [5.74, 6) is 0.843. The van der Waals surface area contributed by atoms with Crippen LogP contribution in [-0.2, 0) is 4.79 Å². The molecule has 2 aromatic heterocycles. The van der Waals surface area contributed by atoms with Gasteiger partial charge in [-0.25, -0.2) is 9.97 Å². The number of nitrogens with zero attached hydrogens (tertiary/aromatic N) is 3. The zero-order chi connectivity index (χ0) is 21.5. The number of hydrogen-bond donors (Lipinski definition) is 2. The molecule has 4 aromatic rings. The highest BCUT2D eigenvalue weighted by atomic mass is 16.1. The maximum atomic E-state index is 8.58. The quantitative estimate of drug-likeness (QED) is 0.490. The number of nitrogens with one attached hydrogen (secondary N) is 1. The van der Waals surface area contributed by atoms with E-state index in [4.69, 9.17) is 4.79 Å². The van der Waals surface area contributed by atoms with Gasteiger partial charge < -0.3 is 11.1 Å². The fourth-order valence-corrected chi connectivity index (χ4v) is 3.18. The van der Waals surface area contributed by atoms with Gasteiger partial charge in [0.25, 0.3) is 0 Å². The topological polar surface area (TPSA) is 93.8 Å². The van der Waals surface area contributed by atoms with Gasteiger partial charge in [-0.3, -0.25) is 9.78 Å². The summed E-state index contributed by atoms with van der Waals surface area (Å²) in [7, 11) is 0. The molecule has 1 atom stereocenters. The molecule has 0 aliphatic rings. The Balaban J connectivity index is 0.000000806. The van der Waals surface area contributed by atoms with Gasteiger partial charge in [0, 0.05) is 28.9 Å². The molecule has 2 aromatic carbocycles. The fourth-order valence-electron chi connectivity index (χ4n) is 3.18. The molecule has 0 aliphatic carbocycles. The van der Waals surface area contributed by atoms with Crippen LogP contribution in [0.15, 0.2) is 67.1 Å². The van der Waals surface area contributed by atoms with Crippen LogP contribution >= 0.6 is 0 Å². The highest BCUT2D eigenvalue weighted by Crippen LogP contribution is 2.29. The van der Waals surface area contributed by atoms with E-state index in [0.29, 0.717) is 0 Å². The molecule has 0 saturated heterocycles. The Kier molecular flexibility index (Phi) is 6.70. The lowest BCUT2D eigenvalue weighted by atomic mass is 10.0. The predicted octanol–water partition coefficient (Wildman–Crippen LogP) is 4.58. The molecule has 0 radical (unpaired) electrons. The normalized spacial score (nSPS) is 11.3. The molecule has 0 spiro atoms. The third-order valence-electron chi connectivity index (χ3n) is 4.96. The van der Waals surface area contributed by atoms with Crippen LogP contribution in [0.3, 0.4) is 0 Å². The second-order valence-electron chi connectivity index (χ2n) is 6.99. The third kappa shape index (κ3) is 4.78. The van der Waals surface area contributed by atoms with E-state index in [2.05, 4.69) is 82.3 Å². The number of nitrogens with two attached hydrogens (primary N) is 1. The summed E-state index contributed by atoms with van der Waals surface area (Å²) in [4.78, 5) is 22.0. The van der Waals surface area contributed by atoms with E-state index in [-0.39, 0.29) is 12.5 Å². The van der Waals surface area contributed by atoms with Crippen molar-refractivity contribution in [3.8, 4) is 11.1 Å². The van der Waals surface area contributed by atoms with Crippen LogP contribution in [0.1, 0.15) is 29.8 Å². The van der Waals surface area contributed by atoms with Crippen LogP contribution in [0.2, 0.25) is 0 Å². The zero-order valence-corrected chi connectivity index (χ0v) is 17.3. The number of aromatic nitrogens is 3. The molecule has 3 N–H and O–H groups in total. The summed E-state index contributed by atoms with van der Waals surface area (Å²) in [5, 5.41) is 4.54. The number of rotatable bonds is 4. The van der Waals surface area contributed by atoms with E-state index in [0.717, 1.165) is 33.5 Å². The minimum absolute atomic E-state index is 0.149. The van der Waals surface area contributed by atoms with Crippen LogP contribution in [0.25, 0.3) is 22.0 Å². The van der Waals surface area contributed by atoms with Crippen LogP contribution in [-0.4, -0.2) is 21.4 Å². The first-order valence-corrected chi connectivity index (χ1v) is 9.68. The molecule has 1 amide bonds. The summed E-state index contributed by atoms with van der Waals surface area (Å²) < 4.78 is 0. The Labute approximate surface area is 176 Å². The number of primary amides is 1. The maximum Gasteiger partial charge on any atom is 0.204 e. The smallest absolute Gasteiger partial charge is 0.204 e. The molecule has 30 heavy (non-hydrogen) atoms. The molecule has 0 fully saturated rings. The number of carbonyl (C=O) groups is 1. The molecule has 0 saturated carbocycles. The van der Waals surface area contributed by atoms with Crippen molar-refractivity contribution in [3.05, 3.63) is 83.9 Å². The molecule has 6 heteroatoms. The van der Waals surface area contributed by atoms with Crippen molar-refractivity contribution in [2.75, 3.05) is 5.32 Å². The maximum absolute atomic E-state index is 8.58. The molecule has 1 unspecified atom stereocenters. The Morgan fingerprint density at radius 2 is 1.70 bits per heavy atom. The number of hydrogen-bond acceptors (Lipinski definition) is 5. The largest absolute Gasteiger partial charge is 0.372 e. The summed E-state index contributed by atoms with van der Waals surface area (Å²) in [6.45, 7) is 6.26. The van der Waals surface area contributed by atoms with Crippen molar-refractivity contribution in [2.45, 2.75) is 26.8 Å². The van der Waals surface area contributed by atoms with E-state index in [1.165, 1.54) is 11.1 Å². The lowest BCUT2D eigenvalue weighted by molar-refractivity contribution is -0.106. The standard InChI is InChI=1S/C23H22N4.CH3NO/c1-15-11-20(13-24-16(15)2)19-9-10-22-21(12-19)23(26-14-25-22)27-17(3)18-7-5-4-6-8-18;2-1-3/h4-14,17H,1-3H3,(H,25,26,27);1H,(H2,2,3). The number of pyridine rings is 1. The minimum Gasteiger partial charge on any atom is -0.372 e. The highest BCUT2D eigenvalue weighted by molar-refractivity contribution is 5.92. The molecular weight excluding hydrogens is 374 g/mol. The minimum atomic E-state index is 0.149. The first-order chi connectivity index (χ1) is 14.5. The molecule has 2 heterocycles. The van der Waals surface area contributed by atoms with Crippen LogP contribution in [0, 0.1) is 13.8 Å². The van der Waals surface area contributed by atoms with Gasteiger partial charge in [0.2, 0.25) is 6.41 Å². The molecular formula is C24H25N5O. The summed E-state index contributed by atoms with van der Waals surface area (Å²) >= 11 is 0. The Bertz CT molecular complexity index is 1140.